The summed E-state index contributed by atoms with van der Waals surface area (Å²) in [6.45, 7) is 5.70. The Morgan fingerprint density at radius 3 is 2.39 bits per heavy atom. The van der Waals surface area contributed by atoms with Crippen LogP contribution in [0.3, 0.4) is 0 Å². The van der Waals surface area contributed by atoms with Crippen molar-refractivity contribution in [2.45, 2.75) is 6.92 Å². The molecular weight excluding hydrogens is 223 g/mol. The predicted molar refractivity (Wildman–Crippen MR) is 78.4 cm³/mol. The summed E-state index contributed by atoms with van der Waals surface area (Å²) < 4.78 is 0. The first-order chi connectivity index (χ1) is 8.67. The van der Waals surface area contributed by atoms with E-state index in [2.05, 4.69) is 6.58 Å². The van der Waals surface area contributed by atoms with Gasteiger partial charge in [0.15, 0.2) is 0 Å². The van der Waals surface area contributed by atoms with Gasteiger partial charge < -0.3 is 10.0 Å². The van der Waals surface area contributed by atoms with Gasteiger partial charge in [-0.2, -0.15) is 0 Å². The first kappa shape index (κ1) is 14.2. The molecule has 0 aliphatic carbocycles. The van der Waals surface area contributed by atoms with Gasteiger partial charge in [-0.05, 0) is 23.5 Å². The van der Waals surface area contributed by atoms with Crippen molar-refractivity contribution in [3.05, 3.63) is 72.4 Å². The lowest BCUT2D eigenvalue weighted by Gasteiger charge is -1.99. The molecule has 0 aliphatic heterocycles. The lowest BCUT2D eigenvalue weighted by Crippen LogP contribution is -2.29. The smallest absolute Gasteiger partial charge is 0.423 e. The van der Waals surface area contributed by atoms with Crippen LogP contribution in [0.5, 0.6) is 0 Å². The van der Waals surface area contributed by atoms with E-state index in [0.717, 1.165) is 11.1 Å². The largest absolute Gasteiger partial charge is 0.488 e. The molecule has 0 aromatic heterocycles. The molecule has 1 aromatic rings. The van der Waals surface area contributed by atoms with Crippen LogP contribution in [-0.2, 0) is 0 Å². The summed E-state index contributed by atoms with van der Waals surface area (Å²) in [5, 5.41) is 18.0. The van der Waals surface area contributed by atoms with Crippen molar-refractivity contribution in [2.24, 2.45) is 0 Å². The van der Waals surface area contributed by atoms with Crippen molar-refractivity contribution < 1.29 is 10.0 Å². The lowest BCUT2D eigenvalue weighted by atomic mass is 9.80. The average molecular weight is 240 g/mol. The van der Waals surface area contributed by atoms with Crippen LogP contribution >= 0.6 is 0 Å². The molecule has 0 aliphatic rings. The number of allylic oxidation sites excluding steroid dienone is 6. The highest BCUT2D eigenvalue weighted by atomic mass is 16.4. The van der Waals surface area contributed by atoms with Crippen LogP contribution in [0.15, 0.2) is 66.8 Å². The van der Waals surface area contributed by atoms with Crippen molar-refractivity contribution in [2.75, 3.05) is 0 Å². The summed E-state index contributed by atoms with van der Waals surface area (Å²) in [6.07, 6.45) is 11.6. The molecule has 18 heavy (non-hydrogen) atoms. The minimum atomic E-state index is -1.42. The summed E-state index contributed by atoms with van der Waals surface area (Å²) >= 11 is 0. The molecule has 0 amide bonds. The Balaban J connectivity index is 2.80. The van der Waals surface area contributed by atoms with Crippen molar-refractivity contribution >= 4 is 18.7 Å². The average Bonchev–Trinajstić information content (AvgIpc) is 2.39. The maximum Gasteiger partial charge on any atom is 0.488 e. The van der Waals surface area contributed by atoms with E-state index in [1.54, 1.807) is 18.2 Å². The van der Waals surface area contributed by atoms with E-state index in [0.29, 0.717) is 5.46 Å². The molecule has 3 heteroatoms. The zero-order valence-electron chi connectivity index (χ0n) is 10.5. The topological polar surface area (TPSA) is 40.5 Å². The molecule has 1 rings (SSSR count). The van der Waals surface area contributed by atoms with Gasteiger partial charge in [0.2, 0.25) is 0 Å². The lowest BCUT2D eigenvalue weighted by molar-refractivity contribution is 0.426. The van der Waals surface area contributed by atoms with E-state index < -0.39 is 7.12 Å². The molecule has 1 aromatic carbocycles. The SMILES string of the molecule is C=CC(/C=C/c1ccc(B(O)O)cc1)=C\C=C/C. The second-order valence-corrected chi connectivity index (χ2v) is 3.77. The Labute approximate surface area is 108 Å². The van der Waals surface area contributed by atoms with Gasteiger partial charge in [0.25, 0.3) is 0 Å². The van der Waals surface area contributed by atoms with E-state index >= 15 is 0 Å². The third kappa shape index (κ3) is 4.57. The normalized spacial score (nSPS) is 12.3. The van der Waals surface area contributed by atoms with Crippen LogP contribution in [0.2, 0.25) is 0 Å². The molecule has 0 heterocycles. The van der Waals surface area contributed by atoms with Gasteiger partial charge in [-0.25, -0.2) is 0 Å². The van der Waals surface area contributed by atoms with Crippen LogP contribution in [0.1, 0.15) is 12.5 Å². The summed E-state index contributed by atoms with van der Waals surface area (Å²) in [6, 6.07) is 7.05. The third-order valence-corrected chi connectivity index (χ3v) is 2.42. The Morgan fingerprint density at radius 1 is 1.22 bits per heavy atom. The molecule has 0 radical (unpaired) electrons. The maximum absolute atomic E-state index is 8.98. The summed E-state index contributed by atoms with van der Waals surface area (Å²) in [7, 11) is -1.42. The highest BCUT2D eigenvalue weighted by molar-refractivity contribution is 6.58. The van der Waals surface area contributed by atoms with Gasteiger partial charge in [0.05, 0.1) is 0 Å². The quantitative estimate of drug-likeness (QED) is 0.611. The Bertz CT molecular complexity index is 468. The summed E-state index contributed by atoms with van der Waals surface area (Å²) in [5.74, 6) is 0. The summed E-state index contributed by atoms with van der Waals surface area (Å²) in [4.78, 5) is 0. The van der Waals surface area contributed by atoms with E-state index in [4.69, 9.17) is 10.0 Å². The van der Waals surface area contributed by atoms with Gasteiger partial charge in [-0.15, -0.1) is 0 Å². The van der Waals surface area contributed by atoms with Crippen LogP contribution in [0.25, 0.3) is 6.08 Å². The zero-order chi connectivity index (χ0) is 13.4. The fourth-order valence-electron chi connectivity index (χ4n) is 1.37. The first-order valence-electron chi connectivity index (χ1n) is 5.77. The molecule has 0 unspecified atom stereocenters. The van der Waals surface area contributed by atoms with Crippen LogP contribution in [0, 0.1) is 0 Å². The second kappa shape index (κ2) is 7.48. The van der Waals surface area contributed by atoms with Gasteiger partial charge in [-0.3, -0.25) is 0 Å². The molecule has 0 atom stereocenters. The van der Waals surface area contributed by atoms with Gasteiger partial charge in [0, 0.05) is 0 Å². The molecule has 0 fully saturated rings. The molecule has 92 valence electrons. The van der Waals surface area contributed by atoms with Gasteiger partial charge in [-0.1, -0.05) is 67.3 Å². The monoisotopic (exact) mass is 240 g/mol. The first-order valence-corrected chi connectivity index (χ1v) is 5.77. The molecule has 0 saturated carbocycles. The number of hydrogen-bond donors (Lipinski definition) is 2. The van der Waals surface area contributed by atoms with Crippen molar-refractivity contribution in [1.82, 2.24) is 0 Å². The second-order valence-electron chi connectivity index (χ2n) is 3.77. The maximum atomic E-state index is 8.98. The Morgan fingerprint density at radius 2 is 1.89 bits per heavy atom. The summed E-state index contributed by atoms with van der Waals surface area (Å²) in [5.41, 5.74) is 2.49. The number of hydrogen-bond acceptors (Lipinski definition) is 2. The standard InChI is InChI=1S/C15H17BO2/c1-3-5-6-13(4-2)7-8-14-9-11-15(12-10-14)16(17)18/h3-12,17-18H,2H2,1H3/b5-3-,8-7+,13-6+. The Kier molecular flexibility index (Phi) is 5.91. The molecule has 0 spiro atoms. The van der Waals surface area contributed by atoms with E-state index in [1.165, 1.54) is 0 Å². The zero-order valence-corrected chi connectivity index (χ0v) is 10.5. The minimum absolute atomic E-state index is 0.487. The van der Waals surface area contributed by atoms with Crippen LogP contribution < -0.4 is 5.46 Å². The van der Waals surface area contributed by atoms with Crippen LogP contribution in [0.4, 0.5) is 0 Å². The molecule has 2 nitrogen and oxygen atoms in total. The van der Waals surface area contributed by atoms with Crippen LogP contribution in [-0.4, -0.2) is 17.2 Å². The molecule has 0 saturated heterocycles. The van der Waals surface area contributed by atoms with Gasteiger partial charge in [0.1, 0.15) is 0 Å². The van der Waals surface area contributed by atoms with Crippen molar-refractivity contribution in [3.63, 3.8) is 0 Å². The molecule has 2 N–H and O–H groups in total. The third-order valence-electron chi connectivity index (χ3n) is 2.42. The van der Waals surface area contributed by atoms with Crippen molar-refractivity contribution in [3.8, 4) is 0 Å². The van der Waals surface area contributed by atoms with E-state index in [9.17, 15) is 0 Å². The highest BCUT2D eigenvalue weighted by Gasteiger charge is 2.08. The van der Waals surface area contributed by atoms with E-state index in [1.807, 2.05) is 49.4 Å². The van der Waals surface area contributed by atoms with Crippen molar-refractivity contribution in [1.29, 1.82) is 0 Å². The Hall–Kier alpha value is -1.84. The highest BCUT2D eigenvalue weighted by Crippen LogP contribution is 2.05. The predicted octanol–water partition coefficient (Wildman–Crippen LogP) is 2.07. The molecular formula is C15H17BO2. The molecule has 0 bridgehead atoms. The van der Waals surface area contributed by atoms with E-state index in [-0.39, 0.29) is 0 Å². The van der Waals surface area contributed by atoms with Gasteiger partial charge >= 0.3 is 7.12 Å². The fraction of sp³-hybridized carbons (Fsp3) is 0.0667. The fourth-order valence-corrected chi connectivity index (χ4v) is 1.37. The number of benzene rings is 1. The number of rotatable bonds is 5. The minimum Gasteiger partial charge on any atom is -0.423 e.